The van der Waals surface area contributed by atoms with Crippen LogP contribution in [0.1, 0.15) is 180 Å². The Morgan fingerprint density at radius 1 is 0.500 bits per heavy atom. The minimum absolute atomic E-state index is 0.224. The average Bonchev–Trinajstić information content (AvgIpc) is 3.83. The van der Waals surface area contributed by atoms with Crippen LogP contribution in [-0.2, 0) is 39.6 Å². The van der Waals surface area contributed by atoms with Crippen LogP contribution in [-0.4, -0.2) is 5.43 Å². The van der Waals surface area contributed by atoms with E-state index in [-0.39, 0.29) is 5.43 Å². The zero-order valence-corrected chi connectivity index (χ0v) is 42.1. The maximum atomic E-state index is 5.62. The first-order valence-electron chi connectivity index (χ1n) is 22.8. The number of rotatable bonds is 4. The Bertz CT molecular complexity index is 1780. The van der Waals surface area contributed by atoms with Gasteiger partial charge in [0.25, 0.3) is 0 Å². The molecule has 308 valence electrons. The van der Waals surface area contributed by atoms with Crippen LogP contribution in [0.5, 0.6) is 0 Å². The molecule has 0 heterocycles. The zero-order valence-electron chi connectivity index (χ0n) is 37.2. The molecule has 0 nitrogen and oxygen atoms in total. The Labute approximate surface area is 358 Å². The predicted molar refractivity (Wildman–Crippen MR) is 248 cm³/mol. The number of hydrogen-bond donors (Lipinski definition) is 0. The molecule has 0 aromatic heterocycles. The van der Waals surface area contributed by atoms with E-state index in [1.807, 2.05) is 0 Å². The van der Waals surface area contributed by atoms with Crippen molar-refractivity contribution in [1.29, 1.82) is 0 Å². The quantitative estimate of drug-likeness (QED) is 0.141. The molecule has 0 saturated heterocycles. The standard InChI is InChI=1S/2C25H35.C2H6Si.2ClH.Zr/c2*1-18-8-12-24(3,13-9-18)21-16-20-6-5-7-23(22(20)17-21)25(4)14-10-19(2)11-15-25;1-3-2;;;/h2*5-7,16-19H,8-15H2,1-4H3;1-2H3;2*1H;/q2*-1;;;;+2/p-2. The summed E-state index contributed by atoms with van der Waals surface area (Å²) in [6, 6.07) is 24.3. The van der Waals surface area contributed by atoms with Gasteiger partial charge in [0.2, 0.25) is 0 Å². The van der Waals surface area contributed by atoms with Crippen LogP contribution in [0.4, 0.5) is 0 Å². The van der Waals surface area contributed by atoms with Crippen molar-refractivity contribution in [2.75, 3.05) is 0 Å². The number of hydrogen-bond acceptors (Lipinski definition) is 0. The van der Waals surface area contributed by atoms with E-state index in [1.165, 1.54) is 114 Å². The molecular weight excluding hydrogens is 815 g/mol. The monoisotopic (exact) mass is 888 g/mol. The topological polar surface area (TPSA) is 0 Å². The fraction of sp³-hybridized carbons (Fsp3) is 0.654. The van der Waals surface area contributed by atoms with Crippen molar-refractivity contribution in [3.05, 3.63) is 82.9 Å². The fourth-order valence-electron chi connectivity index (χ4n) is 10.9. The van der Waals surface area contributed by atoms with Gasteiger partial charge in [0.1, 0.15) is 0 Å². The molecule has 4 aromatic carbocycles. The van der Waals surface area contributed by atoms with Gasteiger partial charge in [0, 0.05) is 0 Å². The fourth-order valence-corrected chi connectivity index (χ4v) is 10.9. The Morgan fingerprint density at radius 2 is 0.768 bits per heavy atom. The summed E-state index contributed by atoms with van der Waals surface area (Å²) in [4.78, 5) is 0. The normalized spacial score (nSPS) is 33.6. The van der Waals surface area contributed by atoms with E-state index >= 15 is 0 Å². The molecule has 8 rings (SSSR count). The number of fused-ring (bicyclic) bond motifs is 2. The molecule has 4 saturated carbocycles. The van der Waals surface area contributed by atoms with Crippen molar-refractivity contribution < 1.29 is 18.0 Å². The van der Waals surface area contributed by atoms with Gasteiger partial charge < -0.3 is 0 Å². The second-order valence-electron chi connectivity index (χ2n) is 21.3. The van der Waals surface area contributed by atoms with Crippen LogP contribution in [0.15, 0.2) is 60.7 Å². The first-order chi connectivity index (χ1) is 26.4. The van der Waals surface area contributed by atoms with E-state index in [9.17, 15) is 0 Å². The van der Waals surface area contributed by atoms with Crippen molar-refractivity contribution in [1.82, 2.24) is 0 Å². The molecule has 4 aromatic rings. The van der Waals surface area contributed by atoms with Crippen molar-refractivity contribution in [2.45, 2.75) is 193 Å². The third kappa shape index (κ3) is 10.3. The summed E-state index contributed by atoms with van der Waals surface area (Å²) < 4.78 is 0. The van der Waals surface area contributed by atoms with Crippen molar-refractivity contribution in [3.8, 4) is 0 Å². The summed E-state index contributed by atoms with van der Waals surface area (Å²) in [7, 11) is 11.2. The first kappa shape index (κ1) is 44.9. The third-order valence-corrected chi connectivity index (χ3v) is 35.8. The van der Waals surface area contributed by atoms with Crippen LogP contribution in [0.25, 0.3) is 21.5 Å². The summed E-state index contributed by atoms with van der Waals surface area (Å²) >= 11 is -1.65. The van der Waals surface area contributed by atoms with Gasteiger partial charge in [-0.25, -0.2) is 0 Å². The minimum atomic E-state index is -1.65. The SMILES string of the molecule is CC1CCC(C)(c2cc3cccc(C4(C)CCC(C)CC4)c3[cH-]2)CC1.CC1CCC(C)(c2cc3cccc(C4(C)CCC(C)CC4)c3[cH-]2)CC1.C[Si](C)=[Zr]([Cl])[Cl]. The Morgan fingerprint density at radius 3 is 1.04 bits per heavy atom. The van der Waals surface area contributed by atoms with Crippen molar-refractivity contribution >= 4 is 44.0 Å². The molecule has 4 aliphatic carbocycles. The molecule has 4 fully saturated rings. The van der Waals surface area contributed by atoms with E-state index in [0.717, 1.165) is 23.7 Å². The van der Waals surface area contributed by atoms with Crippen molar-refractivity contribution in [3.63, 3.8) is 0 Å². The van der Waals surface area contributed by atoms with Gasteiger partial charge in [-0.1, -0.05) is 119 Å². The summed E-state index contributed by atoms with van der Waals surface area (Å²) in [6.45, 7) is 24.1. The Hall–Kier alpha value is -0.660. The summed E-state index contributed by atoms with van der Waals surface area (Å²) in [5.74, 6) is 3.64. The van der Waals surface area contributed by atoms with Gasteiger partial charge in [0.05, 0.1) is 0 Å². The van der Waals surface area contributed by atoms with Gasteiger partial charge in [-0.05, 0) is 96.7 Å². The zero-order chi connectivity index (χ0) is 40.5. The number of benzene rings is 2. The molecule has 56 heavy (non-hydrogen) atoms. The van der Waals surface area contributed by atoms with Crippen LogP contribution >= 0.6 is 17.0 Å². The van der Waals surface area contributed by atoms with Gasteiger partial charge >= 0.3 is 53.5 Å². The molecule has 0 atom stereocenters. The van der Waals surface area contributed by atoms with Gasteiger partial charge in [-0.3, -0.25) is 0 Å². The van der Waals surface area contributed by atoms with E-state index in [0.29, 0.717) is 21.7 Å². The maximum absolute atomic E-state index is 5.62. The molecule has 4 aliphatic rings. The van der Waals surface area contributed by atoms with Crippen LogP contribution in [0, 0.1) is 23.7 Å². The molecule has 4 heteroatoms. The van der Waals surface area contributed by atoms with E-state index in [1.54, 1.807) is 33.0 Å². The Kier molecular flexibility index (Phi) is 14.9. The van der Waals surface area contributed by atoms with E-state index in [2.05, 4.69) is 129 Å². The molecule has 0 aliphatic heterocycles. The van der Waals surface area contributed by atoms with Gasteiger partial charge in [-0.2, -0.15) is 12.1 Å². The van der Waals surface area contributed by atoms with Crippen LogP contribution in [0.2, 0.25) is 13.1 Å². The Balaban J connectivity index is 0.000000166. The molecule has 0 N–H and O–H groups in total. The molecule has 0 radical (unpaired) electrons. The average molecular weight is 891 g/mol. The second kappa shape index (κ2) is 18.5. The van der Waals surface area contributed by atoms with E-state index in [4.69, 9.17) is 17.0 Å². The predicted octanol–water partition coefficient (Wildman–Crippen LogP) is 17.2. The van der Waals surface area contributed by atoms with E-state index < -0.39 is 18.0 Å². The van der Waals surface area contributed by atoms with Crippen LogP contribution in [0.3, 0.4) is 0 Å². The second-order valence-corrected chi connectivity index (χ2v) is 44.3. The third-order valence-electron chi connectivity index (χ3n) is 16.1. The molecule has 0 bridgehead atoms. The van der Waals surface area contributed by atoms with Gasteiger partial charge in [-0.15, -0.1) is 80.2 Å². The summed E-state index contributed by atoms with van der Waals surface area (Å²) in [6.07, 6.45) is 21.9. The van der Waals surface area contributed by atoms with Crippen molar-refractivity contribution in [2.24, 2.45) is 23.7 Å². The summed E-state index contributed by atoms with van der Waals surface area (Å²) in [5, 5.41) is 6.06. The molecule has 0 spiro atoms. The van der Waals surface area contributed by atoms with Gasteiger partial charge in [0.15, 0.2) is 0 Å². The molecule has 0 unspecified atom stereocenters. The number of halogens is 2. The summed E-state index contributed by atoms with van der Waals surface area (Å²) in [5.41, 5.74) is 7.77. The van der Waals surface area contributed by atoms with Crippen LogP contribution < -0.4 is 0 Å². The molecular formula is C52H76Cl2SiZr-2. The first-order valence-corrected chi connectivity index (χ1v) is 35.3. The molecule has 0 amide bonds.